The first kappa shape index (κ1) is 26.2. The molecule has 3 aromatic carbocycles. The van der Waals surface area contributed by atoms with Gasteiger partial charge in [-0.15, -0.1) is 0 Å². The van der Waals surface area contributed by atoms with Crippen LogP contribution in [0.2, 0.25) is 0 Å². The minimum Gasteiger partial charge on any atom is -0.310 e. The summed E-state index contributed by atoms with van der Waals surface area (Å²) in [5.74, 6) is 1.50. The van der Waals surface area contributed by atoms with Gasteiger partial charge in [0.25, 0.3) is 0 Å². The van der Waals surface area contributed by atoms with Crippen molar-refractivity contribution in [1.82, 2.24) is 21.3 Å². The minimum atomic E-state index is 0.484. The molecule has 41 heavy (non-hydrogen) atoms. The fourth-order valence-corrected chi connectivity index (χ4v) is 9.80. The molecule has 4 nitrogen and oxygen atoms in total. The minimum absolute atomic E-state index is 0.484. The number of hydrogen-bond donors (Lipinski definition) is 4. The van der Waals surface area contributed by atoms with Crippen LogP contribution in [0.25, 0.3) is 0 Å². The Morgan fingerprint density at radius 3 is 0.780 bits per heavy atom. The van der Waals surface area contributed by atoms with Gasteiger partial charge in [-0.3, -0.25) is 0 Å². The van der Waals surface area contributed by atoms with Gasteiger partial charge in [0.1, 0.15) is 0 Å². The van der Waals surface area contributed by atoms with Gasteiger partial charge in [0.15, 0.2) is 0 Å². The molecule has 4 heteroatoms. The molecule has 214 valence electrons. The van der Waals surface area contributed by atoms with E-state index < -0.39 is 0 Å². The molecule has 10 unspecified atom stereocenters. The second kappa shape index (κ2) is 11.3. The van der Waals surface area contributed by atoms with Crippen molar-refractivity contribution < 1.29 is 0 Å². The fraction of sp³-hybridized carbons (Fsp3) is 0.514. The maximum absolute atomic E-state index is 4.30. The van der Waals surface area contributed by atoms with E-state index in [4.69, 9.17) is 0 Å². The van der Waals surface area contributed by atoms with Gasteiger partial charge in [0.2, 0.25) is 0 Å². The van der Waals surface area contributed by atoms with Crippen LogP contribution in [0.5, 0.6) is 0 Å². The van der Waals surface area contributed by atoms with Gasteiger partial charge >= 0.3 is 0 Å². The Bertz CT molecular complexity index is 1200. The van der Waals surface area contributed by atoms with Crippen molar-refractivity contribution in [3.8, 4) is 0 Å². The zero-order valence-electron chi connectivity index (χ0n) is 24.2. The Morgan fingerprint density at radius 1 is 0.293 bits per heavy atom. The summed E-state index contributed by atoms with van der Waals surface area (Å²) in [4.78, 5) is 0. The van der Waals surface area contributed by atoms with E-state index in [1.54, 1.807) is 0 Å². The Balaban J connectivity index is 1.19. The van der Waals surface area contributed by atoms with E-state index >= 15 is 0 Å². The van der Waals surface area contributed by atoms with Crippen LogP contribution < -0.4 is 21.3 Å². The number of benzene rings is 3. The maximum atomic E-state index is 4.30. The number of rotatable bonds is 3. The summed E-state index contributed by atoms with van der Waals surface area (Å²) in [5, 5.41) is 17.1. The average molecular weight is 547 g/mol. The molecule has 0 amide bonds. The van der Waals surface area contributed by atoms with E-state index in [0.29, 0.717) is 66.1 Å². The van der Waals surface area contributed by atoms with Crippen molar-refractivity contribution in [2.24, 2.45) is 0 Å². The summed E-state index contributed by atoms with van der Waals surface area (Å²) in [6.07, 6.45) is 10.1. The molecule has 3 aromatic rings. The predicted molar refractivity (Wildman–Crippen MR) is 167 cm³/mol. The lowest BCUT2D eigenvalue weighted by atomic mass is 9.83. The van der Waals surface area contributed by atoms with Gasteiger partial charge in [-0.2, -0.15) is 0 Å². The first-order valence-corrected chi connectivity index (χ1v) is 16.5. The fourth-order valence-electron chi connectivity index (χ4n) is 9.80. The third kappa shape index (κ3) is 4.97. The van der Waals surface area contributed by atoms with E-state index in [-0.39, 0.29) is 0 Å². The van der Waals surface area contributed by atoms with Crippen molar-refractivity contribution >= 4 is 0 Å². The molecule has 0 saturated carbocycles. The Hall–Kier alpha value is -2.50. The molecule has 5 saturated heterocycles. The van der Waals surface area contributed by atoms with Gasteiger partial charge in [0.05, 0.1) is 0 Å². The van der Waals surface area contributed by atoms with Crippen molar-refractivity contribution in [3.05, 3.63) is 108 Å². The standard InChI is InChI=1S/C37H46N4/c1-4-10-24(11-5-1)35-29-18-16-27(38-29)28-17-19-30(39-28)36(25-12-6-2-7-13-25)32-21-23-34(41-32)37(26-14-8-3-9-15-26)33-22-20-31(35)40-33/h1-15,27-41H,16-23H2. The van der Waals surface area contributed by atoms with Crippen LogP contribution in [-0.4, -0.2) is 48.3 Å². The zero-order chi connectivity index (χ0) is 27.2. The normalized spacial score (nSPS) is 40.2. The summed E-state index contributed by atoms with van der Waals surface area (Å²) in [5.41, 5.74) is 4.51. The van der Waals surface area contributed by atoms with Gasteiger partial charge < -0.3 is 21.3 Å². The summed E-state index contributed by atoms with van der Waals surface area (Å²) in [7, 11) is 0. The van der Waals surface area contributed by atoms with Crippen LogP contribution in [0, 0.1) is 0 Å². The van der Waals surface area contributed by atoms with Crippen LogP contribution in [0.4, 0.5) is 0 Å². The van der Waals surface area contributed by atoms with Crippen molar-refractivity contribution in [1.29, 1.82) is 0 Å². The largest absolute Gasteiger partial charge is 0.310 e. The lowest BCUT2D eigenvalue weighted by Crippen LogP contribution is -2.50. The van der Waals surface area contributed by atoms with Crippen molar-refractivity contribution in [3.63, 3.8) is 0 Å². The second-order valence-electron chi connectivity index (χ2n) is 13.6. The molecular formula is C37H46N4. The summed E-state index contributed by atoms with van der Waals surface area (Å²) in [6.45, 7) is 0. The molecule has 5 aliphatic heterocycles. The average Bonchev–Trinajstić information content (AvgIpc) is 3.84. The van der Waals surface area contributed by atoms with Gasteiger partial charge in [-0.1, -0.05) is 91.0 Å². The van der Waals surface area contributed by atoms with Crippen LogP contribution >= 0.6 is 0 Å². The highest BCUT2D eigenvalue weighted by atomic mass is 15.1. The van der Waals surface area contributed by atoms with Gasteiger partial charge in [-0.25, -0.2) is 0 Å². The number of hydrogen-bond acceptors (Lipinski definition) is 4. The van der Waals surface area contributed by atoms with Crippen LogP contribution in [0.1, 0.15) is 85.8 Å². The third-order valence-corrected chi connectivity index (χ3v) is 11.5. The van der Waals surface area contributed by atoms with Crippen molar-refractivity contribution in [2.75, 3.05) is 0 Å². The first-order chi connectivity index (χ1) is 20.3. The Labute approximate surface area is 246 Å². The molecular weight excluding hydrogens is 500 g/mol. The van der Waals surface area contributed by atoms with Crippen LogP contribution in [0.3, 0.4) is 0 Å². The number of fused-ring (bicyclic) bond motifs is 9. The second-order valence-corrected chi connectivity index (χ2v) is 13.6. The molecule has 8 bridgehead atoms. The molecule has 10 atom stereocenters. The first-order valence-electron chi connectivity index (χ1n) is 16.5. The molecule has 0 aliphatic carbocycles. The van der Waals surface area contributed by atoms with E-state index in [9.17, 15) is 0 Å². The monoisotopic (exact) mass is 546 g/mol. The Morgan fingerprint density at radius 2 is 0.512 bits per heavy atom. The van der Waals surface area contributed by atoms with E-state index in [1.807, 2.05) is 0 Å². The molecule has 0 spiro atoms. The van der Waals surface area contributed by atoms with Gasteiger partial charge in [0, 0.05) is 66.1 Å². The number of nitrogens with one attached hydrogen (secondary N) is 4. The van der Waals surface area contributed by atoms with Crippen LogP contribution in [-0.2, 0) is 0 Å². The highest BCUT2D eigenvalue weighted by molar-refractivity contribution is 5.30. The molecule has 5 heterocycles. The highest BCUT2D eigenvalue weighted by Gasteiger charge is 2.48. The topological polar surface area (TPSA) is 48.1 Å². The smallest absolute Gasteiger partial charge is 0.0224 e. The highest BCUT2D eigenvalue weighted by Crippen LogP contribution is 2.44. The van der Waals surface area contributed by atoms with Crippen molar-refractivity contribution in [2.45, 2.75) is 117 Å². The third-order valence-electron chi connectivity index (χ3n) is 11.5. The van der Waals surface area contributed by atoms with E-state index in [0.717, 1.165) is 0 Å². The molecule has 8 rings (SSSR count). The lowest BCUT2D eigenvalue weighted by Gasteiger charge is -2.35. The summed E-state index contributed by atoms with van der Waals surface area (Å²) < 4.78 is 0. The molecule has 0 radical (unpaired) electrons. The zero-order valence-corrected chi connectivity index (χ0v) is 24.2. The van der Waals surface area contributed by atoms with E-state index in [2.05, 4.69) is 112 Å². The Kier molecular flexibility index (Phi) is 7.21. The molecule has 5 fully saturated rings. The summed E-state index contributed by atoms with van der Waals surface area (Å²) in [6, 6.07) is 38.5. The molecule has 5 aliphatic rings. The summed E-state index contributed by atoms with van der Waals surface area (Å²) >= 11 is 0. The quantitative estimate of drug-likeness (QED) is 0.334. The van der Waals surface area contributed by atoms with E-state index in [1.165, 1.54) is 68.1 Å². The SMILES string of the molecule is c1ccc(C2C3CCC(N3)C3CCC(N3)C(c3ccccc3)C3CCC(N3)C(c3ccccc3)C3CCC2N3)cc1. The predicted octanol–water partition coefficient (Wildman–Crippen LogP) is 5.83. The lowest BCUT2D eigenvalue weighted by molar-refractivity contribution is 0.330. The molecule has 4 N–H and O–H groups in total. The van der Waals surface area contributed by atoms with Gasteiger partial charge in [-0.05, 0) is 68.1 Å². The maximum Gasteiger partial charge on any atom is 0.0224 e. The van der Waals surface area contributed by atoms with Crippen LogP contribution in [0.15, 0.2) is 91.0 Å². The molecule has 0 aromatic heterocycles.